The molecule has 25 heavy (non-hydrogen) atoms. The van der Waals surface area contributed by atoms with Gasteiger partial charge in [0.15, 0.2) is 5.82 Å². The first-order chi connectivity index (χ1) is 12.0. The van der Waals surface area contributed by atoms with Crippen molar-refractivity contribution in [2.24, 2.45) is 0 Å². The van der Waals surface area contributed by atoms with Gasteiger partial charge in [-0.05, 0) is 25.0 Å². The summed E-state index contributed by atoms with van der Waals surface area (Å²) in [5.74, 6) is -0.872. The normalized spacial score (nSPS) is 15.8. The van der Waals surface area contributed by atoms with Crippen LogP contribution in [0.2, 0.25) is 0 Å². The summed E-state index contributed by atoms with van der Waals surface area (Å²) in [6.45, 7) is 0. The van der Waals surface area contributed by atoms with E-state index in [1.807, 2.05) is 30.3 Å². The Balaban J connectivity index is 1.76. The molecule has 1 aliphatic rings. The zero-order chi connectivity index (χ0) is 17.4. The third-order valence-corrected chi connectivity index (χ3v) is 4.42. The molecule has 130 valence electrons. The highest BCUT2D eigenvalue weighted by Crippen LogP contribution is 2.35. The molecule has 0 amide bonds. The van der Waals surface area contributed by atoms with Gasteiger partial charge >= 0.3 is 6.18 Å². The third-order valence-electron chi connectivity index (χ3n) is 4.42. The molecule has 0 aliphatic heterocycles. The zero-order valence-electron chi connectivity index (χ0n) is 13.3. The lowest BCUT2D eigenvalue weighted by Gasteiger charge is -2.11. The van der Waals surface area contributed by atoms with Crippen molar-refractivity contribution in [1.29, 1.82) is 0 Å². The van der Waals surface area contributed by atoms with Crippen LogP contribution in [0.1, 0.15) is 37.5 Å². The molecular formula is C17H16F3N5. The number of rotatable bonds is 3. The van der Waals surface area contributed by atoms with Crippen LogP contribution in [0.5, 0.6) is 0 Å². The number of halogens is 3. The van der Waals surface area contributed by atoms with Crippen LogP contribution in [-0.2, 0) is 6.18 Å². The highest BCUT2D eigenvalue weighted by atomic mass is 19.4. The highest BCUT2D eigenvalue weighted by molar-refractivity contribution is 5.54. The Morgan fingerprint density at radius 1 is 1.04 bits per heavy atom. The molecule has 0 unspecified atom stereocenters. The summed E-state index contributed by atoms with van der Waals surface area (Å²) in [6, 6.07) is 9.34. The van der Waals surface area contributed by atoms with Gasteiger partial charge in [-0.25, -0.2) is 14.3 Å². The number of alkyl halides is 3. The Kier molecular flexibility index (Phi) is 3.82. The molecule has 0 N–H and O–H groups in total. The van der Waals surface area contributed by atoms with Crippen LogP contribution in [0.25, 0.3) is 17.1 Å². The number of para-hydroxylation sites is 1. The Morgan fingerprint density at radius 2 is 1.76 bits per heavy atom. The highest BCUT2D eigenvalue weighted by Gasteiger charge is 2.38. The van der Waals surface area contributed by atoms with Gasteiger partial charge in [-0.1, -0.05) is 31.0 Å². The second-order valence-electron chi connectivity index (χ2n) is 6.15. The molecule has 2 heterocycles. The first kappa shape index (κ1) is 15.9. The molecule has 2 aromatic heterocycles. The average Bonchev–Trinajstić information content (AvgIpc) is 3.33. The van der Waals surface area contributed by atoms with E-state index in [2.05, 4.69) is 15.2 Å². The van der Waals surface area contributed by atoms with Crippen LogP contribution < -0.4 is 0 Å². The molecular weight excluding hydrogens is 331 g/mol. The van der Waals surface area contributed by atoms with Gasteiger partial charge < -0.3 is 0 Å². The van der Waals surface area contributed by atoms with Gasteiger partial charge in [0.25, 0.3) is 5.82 Å². The van der Waals surface area contributed by atoms with Crippen molar-refractivity contribution in [3.8, 4) is 17.1 Å². The maximum atomic E-state index is 13.1. The molecule has 1 fully saturated rings. The Bertz CT molecular complexity index is 860. The van der Waals surface area contributed by atoms with E-state index in [0.29, 0.717) is 5.56 Å². The molecule has 1 aromatic carbocycles. The van der Waals surface area contributed by atoms with Gasteiger partial charge in [-0.3, -0.25) is 0 Å². The predicted molar refractivity (Wildman–Crippen MR) is 85.1 cm³/mol. The lowest BCUT2D eigenvalue weighted by molar-refractivity contribution is -0.145. The van der Waals surface area contributed by atoms with Crippen molar-refractivity contribution in [3.05, 3.63) is 48.5 Å². The molecule has 0 spiro atoms. The monoisotopic (exact) mass is 347 g/mol. The van der Waals surface area contributed by atoms with Crippen LogP contribution in [0.15, 0.2) is 42.7 Å². The first-order valence-corrected chi connectivity index (χ1v) is 8.16. The Morgan fingerprint density at radius 3 is 2.44 bits per heavy atom. The molecule has 0 saturated heterocycles. The molecule has 8 heteroatoms. The van der Waals surface area contributed by atoms with E-state index in [9.17, 15) is 13.2 Å². The van der Waals surface area contributed by atoms with Crippen molar-refractivity contribution in [2.75, 3.05) is 0 Å². The fourth-order valence-electron chi connectivity index (χ4n) is 3.20. The number of benzene rings is 1. The van der Waals surface area contributed by atoms with Crippen molar-refractivity contribution in [1.82, 2.24) is 24.5 Å². The van der Waals surface area contributed by atoms with Crippen LogP contribution >= 0.6 is 0 Å². The van der Waals surface area contributed by atoms with Gasteiger partial charge in [0.2, 0.25) is 0 Å². The summed E-state index contributed by atoms with van der Waals surface area (Å²) in [7, 11) is 0. The number of nitrogens with zero attached hydrogens (tertiary/aromatic N) is 5. The Labute approximate surface area is 142 Å². The standard InChI is InChI=1S/C17H16F3N5/c18-17(19,20)16-22-15(25(23-16)14-8-4-5-9-14)12-10-21-24(11-12)13-6-2-1-3-7-13/h1-3,6-7,10-11,14H,4-5,8-9H2. The van der Waals surface area contributed by atoms with Gasteiger partial charge in [0.05, 0.1) is 23.5 Å². The Hall–Kier alpha value is -2.64. The maximum absolute atomic E-state index is 13.1. The number of hydrogen-bond acceptors (Lipinski definition) is 3. The van der Waals surface area contributed by atoms with Crippen molar-refractivity contribution < 1.29 is 13.2 Å². The number of aromatic nitrogens is 5. The van der Waals surface area contributed by atoms with E-state index in [4.69, 9.17) is 0 Å². The van der Waals surface area contributed by atoms with Crippen molar-refractivity contribution in [2.45, 2.75) is 37.9 Å². The van der Waals surface area contributed by atoms with E-state index in [-0.39, 0.29) is 11.9 Å². The largest absolute Gasteiger partial charge is 0.453 e. The second kappa shape index (κ2) is 6.02. The third kappa shape index (κ3) is 3.04. The molecule has 3 aromatic rings. The summed E-state index contributed by atoms with van der Waals surface area (Å²) in [4.78, 5) is 3.78. The predicted octanol–water partition coefficient (Wildman–Crippen LogP) is 4.26. The fourth-order valence-corrected chi connectivity index (χ4v) is 3.20. The molecule has 4 rings (SSSR count). The van der Waals surface area contributed by atoms with Gasteiger partial charge in [-0.15, -0.1) is 5.10 Å². The first-order valence-electron chi connectivity index (χ1n) is 8.16. The van der Waals surface area contributed by atoms with E-state index in [1.54, 1.807) is 10.9 Å². The molecule has 0 bridgehead atoms. The fraction of sp³-hybridized carbons (Fsp3) is 0.353. The van der Waals surface area contributed by atoms with Crippen LogP contribution in [-0.4, -0.2) is 24.5 Å². The molecule has 1 saturated carbocycles. The quantitative estimate of drug-likeness (QED) is 0.711. The topological polar surface area (TPSA) is 48.5 Å². The van der Waals surface area contributed by atoms with Crippen molar-refractivity contribution in [3.63, 3.8) is 0 Å². The smallest absolute Gasteiger partial charge is 0.242 e. The van der Waals surface area contributed by atoms with E-state index in [1.165, 1.54) is 10.9 Å². The molecule has 5 nitrogen and oxygen atoms in total. The van der Waals surface area contributed by atoms with E-state index in [0.717, 1.165) is 31.4 Å². The van der Waals surface area contributed by atoms with E-state index >= 15 is 0 Å². The summed E-state index contributed by atoms with van der Waals surface area (Å²) in [5.41, 5.74) is 1.36. The van der Waals surface area contributed by atoms with Gasteiger partial charge in [-0.2, -0.15) is 18.3 Å². The van der Waals surface area contributed by atoms with Gasteiger partial charge in [0, 0.05) is 6.20 Å². The summed E-state index contributed by atoms with van der Waals surface area (Å²) in [6.07, 6.45) is 2.28. The summed E-state index contributed by atoms with van der Waals surface area (Å²) >= 11 is 0. The molecule has 0 radical (unpaired) electrons. The summed E-state index contributed by atoms with van der Waals surface area (Å²) < 4.78 is 42.3. The summed E-state index contributed by atoms with van der Waals surface area (Å²) in [5, 5.41) is 8.02. The molecule has 1 aliphatic carbocycles. The number of hydrogen-bond donors (Lipinski definition) is 0. The van der Waals surface area contributed by atoms with E-state index < -0.39 is 12.0 Å². The zero-order valence-corrected chi connectivity index (χ0v) is 13.3. The van der Waals surface area contributed by atoms with Gasteiger partial charge in [0.1, 0.15) is 0 Å². The van der Waals surface area contributed by atoms with Crippen molar-refractivity contribution >= 4 is 0 Å². The SMILES string of the molecule is FC(F)(F)c1nc(-c2cnn(-c3ccccc3)c2)n(C2CCCC2)n1. The van der Waals surface area contributed by atoms with Crippen LogP contribution in [0, 0.1) is 0 Å². The minimum Gasteiger partial charge on any atom is -0.242 e. The lowest BCUT2D eigenvalue weighted by atomic mass is 10.2. The molecule has 0 atom stereocenters. The van der Waals surface area contributed by atoms with Crippen LogP contribution in [0.4, 0.5) is 13.2 Å². The minimum atomic E-state index is -4.56. The maximum Gasteiger partial charge on any atom is 0.453 e. The van der Waals surface area contributed by atoms with Crippen LogP contribution in [0.3, 0.4) is 0 Å². The lowest BCUT2D eigenvalue weighted by Crippen LogP contribution is -2.11. The second-order valence-corrected chi connectivity index (χ2v) is 6.15. The average molecular weight is 347 g/mol. The minimum absolute atomic E-state index is 0.0429.